The largest absolute Gasteiger partial charge is 0.302 e. The lowest BCUT2D eigenvalue weighted by atomic mass is 9.62. The number of rotatable bonds is 4. The van der Waals surface area contributed by atoms with E-state index in [2.05, 4.69) is 81.4 Å². The van der Waals surface area contributed by atoms with E-state index in [4.69, 9.17) is 0 Å². The fraction of sp³-hybridized carbons (Fsp3) is 0.588. The summed E-state index contributed by atoms with van der Waals surface area (Å²) in [6.07, 6.45) is 9.78. The third-order valence-electron chi connectivity index (χ3n) is 9.84. The van der Waals surface area contributed by atoms with Crippen molar-refractivity contribution in [2.24, 2.45) is 0 Å². The Morgan fingerprint density at radius 2 is 1.33 bits per heavy atom. The summed E-state index contributed by atoms with van der Waals surface area (Å²) in [6.45, 7) is 22.3. The zero-order valence-electron chi connectivity index (χ0n) is 24.6. The second-order valence-electron chi connectivity index (χ2n) is 12.7. The van der Waals surface area contributed by atoms with Crippen LogP contribution in [0.4, 0.5) is 0 Å². The molecule has 0 N–H and O–H groups in total. The predicted octanol–water partition coefficient (Wildman–Crippen LogP) is 8.51. The summed E-state index contributed by atoms with van der Waals surface area (Å²) in [5.41, 5.74) is 13.4. The van der Waals surface area contributed by atoms with E-state index in [1.165, 1.54) is 69.2 Å². The normalized spacial score (nSPS) is 21.5. The fourth-order valence-electron chi connectivity index (χ4n) is 6.73. The van der Waals surface area contributed by atoms with Gasteiger partial charge in [0.1, 0.15) is 12.6 Å². The van der Waals surface area contributed by atoms with Crippen LogP contribution in [0.15, 0.2) is 12.1 Å². The van der Waals surface area contributed by atoms with Gasteiger partial charge in [-0.25, -0.2) is 0 Å². The van der Waals surface area contributed by atoms with Gasteiger partial charge in [-0.1, -0.05) is 47.6 Å². The first-order valence-corrected chi connectivity index (χ1v) is 14.0. The lowest BCUT2D eigenvalue weighted by Gasteiger charge is -2.42. The van der Waals surface area contributed by atoms with Gasteiger partial charge in [-0.2, -0.15) is 0 Å². The van der Waals surface area contributed by atoms with Gasteiger partial charge < -0.3 is 4.79 Å². The van der Waals surface area contributed by atoms with Gasteiger partial charge in [0.25, 0.3) is 0 Å². The molecule has 2 aromatic rings. The quantitative estimate of drug-likeness (QED) is 0.404. The number of fused-ring (bicyclic) bond motifs is 2. The van der Waals surface area contributed by atoms with Crippen LogP contribution >= 0.6 is 0 Å². The molecule has 0 aromatic heterocycles. The third kappa shape index (κ3) is 4.73. The van der Waals surface area contributed by atoms with Gasteiger partial charge in [0.15, 0.2) is 0 Å². The average Bonchev–Trinajstić information content (AvgIpc) is 2.87. The summed E-state index contributed by atoms with van der Waals surface area (Å²) in [5, 5.41) is 0. The van der Waals surface area contributed by atoms with Crippen molar-refractivity contribution in [2.75, 3.05) is 0 Å². The molecule has 0 heterocycles. The van der Waals surface area contributed by atoms with Gasteiger partial charge in [-0.05, 0) is 140 Å². The maximum Gasteiger partial charge on any atom is 0.150 e. The van der Waals surface area contributed by atoms with Gasteiger partial charge in [-0.3, -0.25) is 4.79 Å². The van der Waals surface area contributed by atoms with Crippen molar-refractivity contribution >= 4 is 12.6 Å². The molecule has 0 fully saturated rings. The summed E-state index contributed by atoms with van der Waals surface area (Å²) < 4.78 is 0. The van der Waals surface area contributed by atoms with E-state index in [1.54, 1.807) is 0 Å². The van der Waals surface area contributed by atoms with Crippen LogP contribution in [0.25, 0.3) is 0 Å². The molecule has 2 heteroatoms. The number of aldehydes is 2. The fourth-order valence-corrected chi connectivity index (χ4v) is 6.73. The molecule has 0 amide bonds. The topological polar surface area (TPSA) is 34.1 Å². The molecule has 1 atom stereocenters. The first kappa shape index (κ1) is 28.4. The van der Waals surface area contributed by atoms with Gasteiger partial charge in [-0.15, -0.1) is 0 Å². The van der Waals surface area contributed by atoms with Gasteiger partial charge in [0.05, 0.1) is 5.41 Å². The molecule has 0 saturated carbocycles. The number of aryl methyl sites for hydroxylation is 1. The Kier molecular flexibility index (Phi) is 8.09. The molecular formula is C34H48O2. The summed E-state index contributed by atoms with van der Waals surface area (Å²) in [5.74, 6) is 0. The maximum absolute atomic E-state index is 11.7. The molecular weight excluding hydrogens is 440 g/mol. The van der Waals surface area contributed by atoms with Crippen LogP contribution in [0.5, 0.6) is 0 Å². The second-order valence-corrected chi connectivity index (χ2v) is 12.7. The lowest BCUT2D eigenvalue weighted by molar-refractivity contribution is -0.113. The smallest absolute Gasteiger partial charge is 0.150 e. The molecule has 0 aliphatic heterocycles. The van der Waals surface area contributed by atoms with Crippen molar-refractivity contribution in [2.45, 2.75) is 130 Å². The molecule has 2 aliphatic carbocycles. The summed E-state index contributed by atoms with van der Waals surface area (Å²) in [4.78, 5) is 23.0. The maximum atomic E-state index is 11.7. The molecule has 2 aromatic carbocycles. The molecule has 2 aliphatic rings. The van der Waals surface area contributed by atoms with Crippen molar-refractivity contribution in [3.8, 4) is 0 Å². The van der Waals surface area contributed by atoms with E-state index >= 15 is 0 Å². The summed E-state index contributed by atoms with van der Waals surface area (Å²) in [7, 11) is 0. The average molecular weight is 489 g/mol. The Morgan fingerprint density at radius 1 is 0.778 bits per heavy atom. The summed E-state index contributed by atoms with van der Waals surface area (Å²) in [6, 6.07) is 4.42. The molecule has 0 bridgehead atoms. The van der Waals surface area contributed by atoms with E-state index in [9.17, 15) is 9.59 Å². The van der Waals surface area contributed by atoms with Gasteiger partial charge >= 0.3 is 0 Å². The first-order valence-electron chi connectivity index (χ1n) is 14.0. The monoisotopic (exact) mass is 488 g/mol. The highest BCUT2D eigenvalue weighted by atomic mass is 16.1. The van der Waals surface area contributed by atoms with Crippen molar-refractivity contribution in [1.29, 1.82) is 0 Å². The Bertz CT molecular complexity index is 1160. The number of benzene rings is 2. The molecule has 2 nitrogen and oxygen atoms in total. The first-order chi connectivity index (χ1) is 16.8. The highest BCUT2D eigenvalue weighted by Gasteiger charge is 2.38. The summed E-state index contributed by atoms with van der Waals surface area (Å²) >= 11 is 0. The predicted molar refractivity (Wildman–Crippen MR) is 153 cm³/mol. The minimum atomic E-state index is -0.221. The number of hydrogen-bond donors (Lipinski definition) is 0. The molecule has 0 saturated heterocycles. The molecule has 36 heavy (non-hydrogen) atoms. The zero-order chi connectivity index (χ0) is 27.1. The van der Waals surface area contributed by atoms with Gasteiger partial charge in [0.2, 0.25) is 0 Å². The Labute approximate surface area is 220 Å². The Balaban J connectivity index is 0.000000201. The standard InChI is InChI=1S/2C17H24O/c1-6-12-9-14-15(10-13(12)11-18)17(4,5)8-7-16(14,2)3;1-6-17(10-18)9-7-8-15-13(4)11(2)12(3)14(5)16(15)17/h9-11H,6-8H2,1-5H3;10H,6-9H2,1-5H3. The van der Waals surface area contributed by atoms with Crippen LogP contribution in [-0.4, -0.2) is 12.6 Å². The molecule has 0 radical (unpaired) electrons. The van der Waals surface area contributed by atoms with Crippen molar-refractivity contribution in [3.63, 3.8) is 0 Å². The van der Waals surface area contributed by atoms with Crippen LogP contribution in [0.1, 0.15) is 134 Å². The molecule has 196 valence electrons. The Hall–Kier alpha value is -2.22. The van der Waals surface area contributed by atoms with Crippen LogP contribution < -0.4 is 0 Å². The van der Waals surface area contributed by atoms with Crippen molar-refractivity contribution < 1.29 is 9.59 Å². The lowest BCUT2D eigenvalue weighted by Crippen LogP contribution is -2.34. The molecule has 0 spiro atoms. The highest BCUT2D eigenvalue weighted by molar-refractivity contribution is 5.78. The van der Waals surface area contributed by atoms with Gasteiger partial charge in [0, 0.05) is 5.56 Å². The van der Waals surface area contributed by atoms with E-state index in [1.807, 2.05) is 0 Å². The number of carbonyl (C=O) groups is 2. The van der Waals surface area contributed by atoms with E-state index in [0.29, 0.717) is 0 Å². The minimum absolute atomic E-state index is 0.189. The third-order valence-corrected chi connectivity index (χ3v) is 9.84. The SMILES string of the molecule is CCC1(C=O)CCCc2c(C)c(C)c(C)c(C)c21.CCc1cc2c(cc1C=O)C(C)(C)CCC2(C)C. The molecule has 4 rings (SSSR count). The second kappa shape index (κ2) is 10.3. The highest BCUT2D eigenvalue weighted by Crippen LogP contribution is 2.46. The Morgan fingerprint density at radius 3 is 1.83 bits per heavy atom. The van der Waals surface area contributed by atoms with Crippen LogP contribution in [0.3, 0.4) is 0 Å². The van der Waals surface area contributed by atoms with E-state index in [-0.39, 0.29) is 16.2 Å². The minimum Gasteiger partial charge on any atom is -0.302 e. The molecule has 1 unspecified atom stereocenters. The number of carbonyl (C=O) groups excluding carboxylic acids is 2. The number of hydrogen-bond acceptors (Lipinski definition) is 2. The van der Waals surface area contributed by atoms with Crippen LogP contribution in [0.2, 0.25) is 0 Å². The van der Waals surface area contributed by atoms with E-state index < -0.39 is 0 Å². The van der Waals surface area contributed by atoms with Crippen molar-refractivity contribution in [1.82, 2.24) is 0 Å². The van der Waals surface area contributed by atoms with Crippen LogP contribution in [-0.2, 0) is 33.9 Å². The van der Waals surface area contributed by atoms with Crippen LogP contribution in [0, 0.1) is 27.7 Å². The van der Waals surface area contributed by atoms with Crippen molar-refractivity contribution in [3.05, 3.63) is 67.8 Å². The van der Waals surface area contributed by atoms with E-state index in [0.717, 1.165) is 44.0 Å². The zero-order valence-corrected chi connectivity index (χ0v) is 24.6.